The van der Waals surface area contributed by atoms with Gasteiger partial charge in [0.05, 0.1) is 33.6 Å². The molecule has 2 aromatic rings. The Balaban J connectivity index is 2.33. The molecule has 1 N–H and O–H groups in total. The number of hydrogen-bond donors (Lipinski definition) is 1. The molecular formula is C14H16N2O4S. The summed E-state index contributed by atoms with van der Waals surface area (Å²) < 4.78 is 25.5. The lowest BCUT2D eigenvalue weighted by Crippen LogP contribution is -2.32. The smallest absolute Gasteiger partial charge is 0.337 e. The molecule has 1 atom stereocenters. The van der Waals surface area contributed by atoms with E-state index in [2.05, 4.69) is 4.98 Å². The number of benzene rings is 1. The Labute approximate surface area is 122 Å². The minimum atomic E-state index is -3.09. The van der Waals surface area contributed by atoms with Gasteiger partial charge in [-0.05, 0) is 32.4 Å². The van der Waals surface area contributed by atoms with Gasteiger partial charge in [-0.1, -0.05) is 6.07 Å². The van der Waals surface area contributed by atoms with Crippen LogP contribution in [0.2, 0.25) is 0 Å². The highest BCUT2D eigenvalue weighted by molar-refractivity contribution is 7.91. The SMILES string of the molecule is Cc1nc2cccc(C(=O)O)c2n1C1(C)CCS(=O)(=O)C1. The van der Waals surface area contributed by atoms with Gasteiger partial charge in [0, 0.05) is 0 Å². The number of rotatable bonds is 2. The average Bonchev–Trinajstić information content (AvgIpc) is 2.85. The number of carboxylic acids is 1. The van der Waals surface area contributed by atoms with Crippen molar-refractivity contribution in [2.45, 2.75) is 25.8 Å². The van der Waals surface area contributed by atoms with Gasteiger partial charge in [0.1, 0.15) is 5.82 Å². The number of sulfone groups is 1. The van der Waals surface area contributed by atoms with Crippen molar-refractivity contribution in [3.63, 3.8) is 0 Å². The van der Waals surface area contributed by atoms with Crippen molar-refractivity contribution in [3.05, 3.63) is 29.6 Å². The Morgan fingerprint density at radius 3 is 2.71 bits per heavy atom. The summed E-state index contributed by atoms with van der Waals surface area (Å²) in [6, 6.07) is 4.92. The van der Waals surface area contributed by atoms with Crippen molar-refractivity contribution in [2.24, 2.45) is 0 Å². The Bertz CT molecular complexity index is 853. The Kier molecular flexibility index (Phi) is 2.88. The third-order valence-electron chi connectivity index (χ3n) is 4.10. The normalized spacial score (nSPS) is 24.5. The van der Waals surface area contributed by atoms with E-state index in [-0.39, 0.29) is 17.1 Å². The second kappa shape index (κ2) is 4.30. The largest absolute Gasteiger partial charge is 0.478 e. The van der Waals surface area contributed by atoms with Gasteiger partial charge in [-0.2, -0.15) is 0 Å². The van der Waals surface area contributed by atoms with Gasteiger partial charge in [0.2, 0.25) is 0 Å². The number of hydrogen-bond acceptors (Lipinski definition) is 4. The number of imidazole rings is 1. The first kappa shape index (κ1) is 14.1. The minimum absolute atomic E-state index is 0.0141. The number of para-hydroxylation sites is 1. The summed E-state index contributed by atoms with van der Waals surface area (Å²) in [5.74, 6) is -0.262. The summed E-state index contributed by atoms with van der Waals surface area (Å²) in [5, 5.41) is 9.39. The molecule has 1 unspecified atom stereocenters. The van der Waals surface area contributed by atoms with Crippen molar-refractivity contribution >= 4 is 26.8 Å². The molecular weight excluding hydrogens is 292 g/mol. The second-order valence-electron chi connectivity index (χ2n) is 5.81. The van der Waals surface area contributed by atoms with E-state index in [0.717, 1.165) is 0 Å². The molecule has 1 aromatic carbocycles. The fourth-order valence-corrected chi connectivity index (χ4v) is 5.36. The van der Waals surface area contributed by atoms with Crippen LogP contribution in [-0.2, 0) is 15.4 Å². The molecule has 0 bridgehead atoms. The summed E-state index contributed by atoms with van der Waals surface area (Å²) >= 11 is 0. The molecule has 0 aliphatic carbocycles. The van der Waals surface area contributed by atoms with Crippen LogP contribution in [0, 0.1) is 6.92 Å². The topological polar surface area (TPSA) is 89.3 Å². The molecule has 6 nitrogen and oxygen atoms in total. The monoisotopic (exact) mass is 308 g/mol. The van der Waals surface area contributed by atoms with E-state index in [4.69, 9.17) is 0 Å². The van der Waals surface area contributed by atoms with Crippen LogP contribution in [0.1, 0.15) is 29.5 Å². The number of fused-ring (bicyclic) bond motifs is 1. The third-order valence-corrected chi connectivity index (χ3v) is 5.98. The fraction of sp³-hybridized carbons (Fsp3) is 0.429. The fourth-order valence-electron chi connectivity index (χ4n) is 3.25. The van der Waals surface area contributed by atoms with Crippen molar-refractivity contribution < 1.29 is 18.3 Å². The second-order valence-corrected chi connectivity index (χ2v) is 8.00. The minimum Gasteiger partial charge on any atom is -0.478 e. The Morgan fingerprint density at radius 2 is 2.14 bits per heavy atom. The van der Waals surface area contributed by atoms with Gasteiger partial charge < -0.3 is 9.67 Å². The van der Waals surface area contributed by atoms with Crippen molar-refractivity contribution in [1.82, 2.24) is 9.55 Å². The number of aromatic nitrogens is 2. The summed E-state index contributed by atoms with van der Waals surface area (Å²) in [4.78, 5) is 15.9. The highest BCUT2D eigenvalue weighted by Crippen LogP contribution is 2.35. The molecule has 1 aromatic heterocycles. The molecule has 1 aliphatic rings. The quantitative estimate of drug-likeness (QED) is 0.909. The summed E-state index contributed by atoms with van der Waals surface area (Å²) in [5.41, 5.74) is 0.585. The molecule has 1 aliphatic heterocycles. The van der Waals surface area contributed by atoms with Gasteiger partial charge in [-0.15, -0.1) is 0 Å². The summed E-state index contributed by atoms with van der Waals surface area (Å²) in [7, 11) is -3.09. The lowest BCUT2D eigenvalue weighted by Gasteiger charge is -2.27. The molecule has 1 fully saturated rings. The molecule has 7 heteroatoms. The molecule has 112 valence electrons. The molecule has 0 radical (unpaired) electrons. The van der Waals surface area contributed by atoms with Crippen molar-refractivity contribution in [1.29, 1.82) is 0 Å². The van der Waals surface area contributed by atoms with E-state index >= 15 is 0 Å². The Morgan fingerprint density at radius 1 is 1.43 bits per heavy atom. The first-order chi connectivity index (χ1) is 9.73. The van der Waals surface area contributed by atoms with E-state index < -0.39 is 21.3 Å². The van der Waals surface area contributed by atoms with Gasteiger partial charge >= 0.3 is 5.97 Å². The number of carbonyl (C=O) groups is 1. The van der Waals surface area contributed by atoms with Crippen LogP contribution < -0.4 is 0 Å². The first-order valence-corrected chi connectivity index (χ1v) is 8.48. The molecule has 21 heavy (non-hydrogen) atoms. The van der Waals surface area contributed by atoms with Gasteiger partial charge in [0.25, 0.3) is 0 Å². The lowest BCUT2D eigenvalue weighted by molar-refractivity contribution is 0.0698. The highest BCUT2D eigenvalue weighted by Gasteiger charge is 2.42. The number of nitrogens with zero attached hydrogens (tertiary/aromatic N) is 2. The van der Waals surface area contributed by atoms with E-state index in [1.54, 1.807) is 23.6 Å². The van der Waals surface area contributed by atoms with Crippen molar-refractivity contribution in [3.8, 4) is 0 Å². The van der Waals surface area contributed by atoms with E-state index in [0.29, 0.717) is 23.3 Å². The first-order valence-electron chi connectivity index (χ1n) is 6.66. The maximum Gasteiger partial charge on any atom is 0.337 e. The molecule has 0 amide bonds. The lowest BCUT2D eigenvalue weighted by atomic mass is 10.0. The van der Waals surface area contributed by atoms with Crippen LogP contribution in [0.3, 0.4) is 0 Å². The zero-order chi connectivity index (χ0) is 15.4. The van der Waals surface area contributed by atoms with Crippen LogP contribution in [0.25, 0.3) is 11.0 Å². The van der Waals surface area contributed by atoms with Crippen LogP contribution >= 0.6 is 0 Å². The van der Waals surface area contributed by atoms with E-state index in [1.165, 1.54) is 6.07 Å². The van der Waals surface area contributed by atoms with Crippen LogP contribution in [0.15, 0.2) is 18.2 Å². The van der Waals surface area contributed by atoms with Gasteiger partial charge in [-0.25, -0.2) is 18.2 Å². The maximum absolute atomic E-state index is 11.9. The highest BCUT2D eigenvalue weighted by atomic mass is 32.2. The molecule has 0 spiro atoms. The Hall–Kier alpha value is -1.89. The van der Waals surface area contributed by atoms with Gasteiger partial charge in [0.15, 0.2) is 9.84 Å². The number of aryl methyl sites for hydroxylation is 1. The standard InChI is InChI=1S/C14H16N2O4S/c1-9-15-11-5-3-4-10(13(17)18)12(11)16(9)14(2)6-7-21(19,20)8-14/h3-5H,6-8H2,1-2H3,(H,17,18). The third kappa shape index (κ3) is 2.12. The van der Waals surface area contributed by atoms with E-state index in [1.807, 2.05) is 6.92 Å². The van der Waals surface area contributed by atoms with Crippen LogP contribution in [0.5, 0.6) is 0 Å². The number of aromatic carboxylic acids is 1. The number of carboxylic acid groups (broad SMARTS) is 1. The predicted molar refractivity (Wildman–Crippen MR) is 78.3 cm³/mol. The van der Waals surface area contributed by atoms with Crippen LogP contribution in [0.4, 0.5) is 0 Å². The molecule has 2 heterocycles. The zero-order valence-electron chi connectivity index (χ0n) is 11.8. The van der Waals surface area contributed by atoms with Crippen LogP contribution in [-0.4, -0.2) is 40.6 Å². The molecule has 0 saturated carbocycles. The summed E-state index contributed by atoms with van der Waals surface area (Å²) in [6.45, 7) is 3.63. The average molecular weight is 308 g/mol. The maximum atomic E-state index is 11.9. The zero-order valence-corrected chi connectivity index (χ0v) is 12.6. The van der Waals surface area contributed by atoms with Crippen molar-refractivity contribution in [2.75, 3.05) is 11.5 Å². The van der Waals surface area contributed by atoms with Gasteiger partial charge in [-0.3, -0.25) is 0 Å². The predicted octanol–water partition coefficient (Wildman–Crippen LogP) is 1.58. The summed E-state index contributed by atoms with van der Waals surface area (Å²) in [6.07, 6.45) is 0.468. The molecule has 1 saturated heterocycles. The molecule has 3 rings (SSSR count). The van der Waals surface area contributed by atoms with E-state index in [9.17, 15) is 18.3 Å².